The van der Waals surface area contributed by atoms with E-state index in [0.717, 1.165) is 19.4 Å². The van der Waals surface area contributed by atoms with Crippen LogP contribution in [0.4, 0.5) is 0 Å². The van der Waals surface area contributed by atoms with Gasteiger partial charge in [0.25, 0.3) is 0 Å². The molecule has 0 aromatic rings. The molecule has 11 heavy (non-hydrogen) atoms. The maximum absolute atomic E-state index is 10.5. The second-order valence-corrected chi connectivity index (χ2v) is 1.85. The van der Waals surface area contributed by atoms with Crippen LogP contribution in [0.15, 0.2) is 12.7 Å². The molecular formula is C7H15NNaOS+. The predicted molar refractivity (Wildman–Crippen MR) is 48.5 cm³/mol. The van der Waals surface area contributed by atoms with Gasteiger partial charge in [0.05, 0.1) is 0 Å². The quantitative estimate of drug-likeness (QED) is 0.312. The van der Waals surface area contributed by atoms with E-state index in [2.05, 4.69) is 18.8 Å². The maximum Gasteiger partial charge on any atom is 1.00 e. The van der Waals surface area contributed by atoms with Crippen LogP contribution in [0, 0.1) is 0 Å². The molecule has 0 fully saturated rings. The molecule has 0 aliphatic carbocycles. The second kappa shape index (κ2) is 13.2. The molecule has 60 valence electrons. The van der Waals surface area contributed by atoms with Gasteiger partial charge in [-0.05, 0) is 12.5 Å². The van der Waals surface area contributed by atoms with Gasteiger partial charge in [-0.1, -0.05) is 19.9 Å². The summed E-state index contributed by atoms with van der Waals surface area (Å²) in [4.78, 5) is 10.5. The molecule has 0 saturated carbocycles. The zero-order valence-electron chi connectivity index (χ0n) is 7.31. The topological polar surface area (TPSA) is 29.1 Å². The smallest absolute Gasteiger partial charge is 0.353 e. The van der Waals surface area contributed by atoms with Crippen LogP contribution in [0.3, 0.4) is 0 Å². The summed E-state index contributed by atoms with van der Waals surface area (Å²) >= 11 is 0. The van der Waals surface area contributed by atoms with E-state index < -0.39 is 0 Å². The molecule has 0 spiro atoms. The van der Waals surface area contributed by atoms with Gasteiger partial charge in [0.2, 0.25) is 5.91 Å². The molecule has 2 nitrogen and oxygen atoms in total. The summed E-state index contributed by atoms with van der Waals surface area (Å²) in [6.45, 7) is 6.18. The molecule has 1 amide bonds. The normalized spacial score (nSPS) is 7.00. The van der Waals surface area contributed by atoms with Crippen LogP contribution in [0.25, 0.3) is 0 Å². The Kier molecular flexibility index (Phi) is 21.1. The molecule has 0 aliphatic rings. The van der Waals surface area contributed by atoms with Gasteiger partial charge in [-0.25, -0.2) is 0 Å². The summed E-state index contributed by atoms with van der Waals surface area (Å²) in [5, 5.41) is 2.68. The van der Waals surface area contributed by atoms with E-state index in [1.165, 1.54) is 6.08 Å². The predicted octanol–water partition coefficient (Wildman–Crippen LogP) is -1.79. The van der Waals surface area contributed by atoms with E-state index in [1.54, 1.807) is 0 Å². The first kappa shape index (κ1) is 17.6. The first-order chi connectivity index (χ1) is 4.31. The van der Waals surface area contributed by atoms with Crippen LogP contribution in [-0.4, -0.2) is 12.5 Å². The van der Waals surface area contributed by atoms with Gasteiger partial charge in [0, 0.05) is 6.54 Å². The van der Waals surface area contributed by atoms with Gasteiger partial charge in [-0.15, -0.1) is 0 Å². The van der Waals surface area contributed by atoms with Crippen molar-refractivity contribution >= 4 is 19.4 Å². The SMILES string of the molecule is C=CC(=O)NCCCC.S.[Na+]. The third kappa shape index (κ3) is 13.5. The monoisotopic (exact) mass is 184 g/mol. The minimum Gasteiger partial charge on any atom is -0.353 e. The molecule has 0 saturated heterocycles. The van der Waals surface area contributed by atoms with Crippen molar-refractivity contribution in [3.05, 3.63) is 12.7 Å². The fourth-order valence-corrected chi connectivity index (χ4v) is 0.461. The molecule has 0 aromatic carbocycles. The summed E-state index contributed by atoms with van der Waals surface area (Å²) in [6, 6.07) is 0. The zero-order valence-corrected chi connectivity index (χ0v) is 10.3. The third-order valence-corrected chi connectivity index (χ3v) is 1.01. The molecule has 0 unspecified atom stereocenters. The van der Waals surface area contributed by atoms with Crippen molar-refractivity contribution in [2.45, 2.75) is 19.8 Å². The van der Waals surface area contributed by atoms with Crippen LogP contribution < -0.4 is 34.9 Å². The Morgan fingerprint density at radius 2 is 2.18 bits per heavy atom. The van der Waals surface area contributed by atoms with E-state index in [9.17, 15) is 4.79 Å². The fraction of sp³-hybridized carbons (Fsp3) is 0.571. The Bertz CT molecular complexity index is 109. The summed E-state index contributed by atoms with van der Waals surface area (Å²) in [5.74, 6) is -0.0801. The Hall–Kier alpha value is 0.560. The number of hydrogen-bond donors (Lipinski definition) is 1. The molecule has 0 radical (unpaired) electrons. The second-order valence-electron chi connectivity index (χ2n) is 1.85. The molecule has 0 atom stereocenters. The minimum atomic E-state index is -0.0801. The average molecular weight is 184 g/mol. The van der Waals surface area contributed by atoms with Gasteiger partial charge in [-0.2, -0.15) is 13.5 Å². The molecule has 0 bridgehead atoms. The van der Waals surface area contributed by atoms with E-state index in [0.29, 0.717) is 0 Å². The average Bonchev–Trinajstić information content (AvgIpc) is 1.89. The summed E-state index contributed by atoms with van der Waals surface area (Å²) in [6.07, 6.45) is 3.44. The number of carbonyl (C=O) groups excluding carboxylic acids is 1. The summed E-state index contributed by atoms with van der Waals surface area (Å²) < 4.78 is 0. The van der Waals surface area contributed by atoms with Gasteiger partial charge in [0.1, 0.15) is 0 Å². The van der Waals surface area contributed by atoms with E-state index in [4.69, 9.17) is 0 Å². The minimum absolute atomic E-state index is 0. The number of carbonyl (C=O) groups is 1. The Morgan fingerprint density at radius 1 is 1.64 bits per heavy atom. The standard InChI is InChI=1S/C7H13NO.Na.H2S/c1-3-5-6-8-7(9)4-2;;/h4H,2-3,5-6H2,1H3,(H,8,9);;1H2/q;+1;. The van der Waals surface area contributed by atoms with E-state index >= 15 is 0 Å². The molecule has 0 rings (SSSR count). The van der Waals surface area contributed by atoms with Gasteiger partial charge >= 0.3 is 29.6 Å². The molecule has 4 heteroatoms. The molecule has 1 N–H and O–H groups in total. The van der Waals surface area contributed by atoms with Crippen molar-refractivity contribution in [2.75, 3.05) is 6.54 Å². The van der Waals surface area contributed by atoms with Crippen LogP contribution in [0.1, 0.15) is 19.8 Å². The first-order valence-electron chi connectivity index (χ1n) is 3.21. The summed E-state index contributed by atoms with van der Waals surface area (Å²) in [5.41, 5.74) is 0. The zero-order chi connectivity index (χ0) is 7.11. The number of hydrogen-bond acceptors (Lipinski definition) is 1. The largest absolute Gasteiger partial charge is 1.00 e. The van der Waals surface area contributed by atoms with Crippen molar-refractivity contribution in [3.8, 4) is 0 Å². The van der Waals surface area contributed by atoms with Crippen molar-refractivity contribution in [3.63, 3.8) is 0 Å². The third-order valence-electron chi connectivity index (χ3n) is 1.01. The molecule has 0 heterocycles. The van der Waals surface area contributed by atoms with Gasteiger partial charge in [0.15, 0.2) is 0 Å². The van der Waals surface area contributed by atoms with Crippen molar-refractivity contribution in [1.82, 2.24) is 5.32 Å². The van der Waals surface area contributed by atoms with Crippen LogP contribution in [0.2, 0.25) is 0 Å². The number of nitrogens with one attached hydrogen (secondary N) is 1. The Morgan fingerprint density at radius 3 is 2.55 bits per heavy atom. The first-order valence-corrected chi connectivity index (χ1v) is 3.21. The van der Waals surface area contributed by atoms with Crippen LogP contribution >= 0.6 is 13.5 Å². The van der Waals surface area contributed by atoms with Crippen molar-refractivity contribution < 1.29 is 34.4 Å². The van der Waals surface area contributed by atoms with E-state index in [-0.39, 0.29) is 49.0 Å². The Balaban J connectivity index is -0.000000320. The van der Waals surface area contributed by atoms with E-state index in [1.807, 2.05) is 0 Å². The van der Waals surface area contributed by atoms with Gasteiger partial charge in [-0.3, -0.25) is 4.79 Å². The molecular weight excluding hydrogens is 169 g/mol. The van der Waals surface area contributed by atoms with Gasteiger partial charge < -0.3 is 5.32 Å². The summed E-state index contributed by atoms with van der Waals surface area (Å²) in [7, 11) is 0. The number of unbranched alkanes of at least 4 members (excludes halogenated alkanes) is 1. The molecule has 0 aliphatic heterocycles. The van der Waals surface area contributed by atoms with Crippen LogP contribution in [-0.2, 0) is 4.79 Å². The number of rotatable bonds is 4. The Labute approximate surface area is 97.6 Å². The molecule has 0 aromatic heterocycles. The fourth-order valence-electron chi connectivity index (χ4n) is 0.461. The van der Waals surface area contributed by atoms with Crippen molar-refractivity contribution in [2.24, 2.45) is 0 Å². The maximum atomic E-state index is 10.5. The van der Waals surface area contributed by atoms with Crippen LogP contribution in [0.5, 0.6) is 0 Å². The number of amides is 1. The van der Waals surface area contributed by atoms with Crippen molar-refractivity contribution in [1.29, 1.82) is 0 Å².